The molecule has 1 aliphatic carbocycles. The van der Waals surface area contributed by atoms with E-state index in [2.05, 4.69) is 6.07 Å². The molecule has 0 fully saturated rings. The first kappa shape index (κ1) is 20.3. The molecule has 0 atom stereocenters. The van der Waals surface area contributed by atoms with Gasteiger partial charge in [0.25, 0.3) is 0 Å². The van der Waals surface area contributed by atoms with Gasteiger partial charge in [-0.25, -0.2) is 9.78 Å². The van der Waals surface area contributed by atoms with Crippen LogP contribution in [-0.4, -0.2) is 23.3 Å². The van der Waals surface area contributed by atoms with Crippen molar-refractivity contribution in [3.63, 3.8) is 0 Å². The third-order valence-electron chi connectivity index (χ3n) is 6.61. The third-order valence-corrected chi connectivity index (χ3v) is 6.61. The summed E-state index contributed by atoms with van der Waals surface area (Å²) in [5, 5.41) is 2.70. The van der Waals surface area contributed by atoms with Crippen LogP contribution in [0.1, 0.15) is 38.8 Å². The van der Waals surface area contributed by atoms with Crippen LogP contribution in [0.15, 0.2) is 78.9 Å². The zero-order chi connectivity index (χ0) is 23.4. The second-order valence-corrected chi connectivity index (χ2v) is 8.47. The highest BCUT2D eigenvalue weighted by Gasteiger charge is 2.28. The molecule has 0 bridgehead atoms. The minimum atomic E-state index is -0.383. The molecule has 0 N–H and O–H groups in total. The Morgan fingerprint density at radius 2 is 1.53 bits per heavy atom. The van der Waals surface area contributed by atoms with Gasteiger partial charge in [-0.2, -0.15) is 0 Å². The first-order chi connectivity index (χ1) is 16.6. The zero-order valence-electron chi connectivity index (χ0n) is 18.9. The van der Waals surface area contributed by atoms with Crippen LogP contribution in [0.4, 0.5) is 0 Å². The molecule has 4 nitrogen and oxygen atoms in total. The first-order valence-corrected chi connectivity index (χ1v) is 11.4. The van der Waals surface area contributed by atoms with Gasteiger partial charge < -0.3 is 4.74 Å². The van der Waals surface area contributed by atoms with E-state index in [0.29, 0.717) is 22.4 Å². The fourth-order valence-corrected chi connectivity index (χ4v) is 5.08. The highest BCUT2D eigenvalue weighted by molar-refractivity contribution is 6.29. The highest BCUT2D eigenvalue weighted by Crippen LogP contribution is 2.44. The summed E-state index contributed by atoms with van der Waals surface area (Å²) in [4.78, 5) is 31.5. The third kappa shape index (κ3) is 2.82. The van der Waals surface area contributed by atoms with E-state index in [4.69, 9.17) is 9.72 Å². The molecule has 5 aromatic rings. The summed E-state index contributed by atoms with van der Waals surface area (Å²) in [6, 6.07) is 25.3. The monoisotopic (exact) mass is 443 g/mol. The van der Waals surface area contributed by atoms with E-state index in [1.54, 1.807) is 6.92 Å². The van der Waals surface area contributed by atoms with Gasteiger partial charge in [0.05, 0.1) is 23.4 Å². The van der Waals surface area contributed by atoms with Crippen LogP contribution in [0.25, 0.3) is 44.1 Å². The quantitative estimate of drug-likeness (QED) is 0.224. The number of benzene rings is 4. The summed E-state index contributed by atoms with van der Waals surface area (Å²) in [6.45, 7) is 4.04. The van der Waals surface area contributed by atoms with E-state index in [-0.39, 0.29) is 18.4 Å². The van der Waals surface area contributed by atoms with E-state index in [9.17, 15) is 9.59 Å². The van der Waals surface area contributed by atoms with Gasteiger partial charge in [0.1, 0.15) is 0 Å². The number of aromatic nitrogens is 1. The van der Waals surface area contributed by atoms with Crippen LogP contribution in [0, 0.1) is 6.92 Å². The van der Waals surface area contributed by atoms with Crippen molar-refractivity contribution in [2.75, 3.05) is 6.61 Å². The van der Waals surface area contributed by atoms with Gasteiger partial charge in [0.2, 0.25) is 0 Å². The number of nitrogens with zero attached hydrogens (tertiary/aromatic N) is 1. The number of carbonyl (C=O) groups excluding carboxylic acids is 2. The Labute approximate surface area is 196 Å². The molecule has 34 heavy (non-hydrogen) atoms. The highest BCUT2D eigenvalue weighted by atomic mass is 16.5. The summed E-state index contributed by atoms with van der Waals surface area (Å²) in [5.74, 6) is -0.359. The molecule has 0 amide bonds. The fourth-order valence-electron chi connectivity index (χ4n) is 5.08. The van der Waals surface area contributed by atoms with Gasteiger partial charge in [-0.15, -0.1) is 0 Å². The Morgan fingerprint density at radius 3 is 2.29 bits per heavy atom. The maximum Gasteiger partial charge on any atom is 0.340 e. The minimum absolute atomic E-state index is 0.0243. The average molecular weight is 444 g/mol. The number of hydrogen-bond donors (Lipinski definition) is 0. The molecule has 1 heterocycles. The molecular weight excluding hydrogens is 422 g/mol. The maximum atomic E-state index is 13.3. The van der Waals surface area contributed by atoms with E-state index in [1.165, 1.54) is 0 Å². The van der Waals surface area contributed by atoms with Crippen LogP contribution in [0.3, 0.4) is 0 Å². The summed E-state index contributed by atoms with van der Waals surface area (Å²) in [5.41, 5.74) is 6.77. The number of rotatable bonds is 3. The fraction of sp³-hybridized carbons (Fsp3) is 0.100. The topological polar surface area (TPSA) is 56.3 Å². The van der Waals surface area contributed by atoms with Crippen LogP contribution < -0.4 is 0 Å². The predicted octanol–water partition coefficient (Wildman–Crippen LogP) is 6.75. The number of aryl methyl sites for hydroxylation is 1. The summed E-state index contributed by atoms with van der Waals surface area (Å²) >= 11 is 0. The SMILES string of the molecule is CCOC(=O)c1c(-c2ccccc2)nc2c(cc3c4c(cccc42)C(=O)c2ccccc2-3)c1C. The van der Waals surface area contributed by atoms with Crippen molar-refractivity contribution < 1.29 is 14.3 Å². The number of carbonyl (C=O) groups is 2. The minimum Gasteiger partial charge on any atom is -0.462 e. The van der Waals surface area contributed by atoms with Gasteiger partial charge in [0.15, 0.2) is 5.78 Å². The zero-order valence-corrected chi connectivity index (χ0v) is 18.9. The van der Waals surface area contributed by atoms with Crippen molar-refractivity contribution in [2.45, 2.75) is 13.8 Å². The number of pyridine rings is 1. The number of fused-ring (bicyclic) bond motifs is 4. The lowest BCUT2D eigenvalue weighted by atomic mass is 9.81. The standard InChI is InChI=1S/C30H21NO3/c1-3-34-30(33)25-17(2)23-16-24-19-12-7-8-13-20(19)29(32)22-15-9-14-21(26(22)24)28(23)31-27(25)18-10-5-4-6-11-18/h4-16H,3H2,1-2H3. The van der Waals surface area contributed by atoms with Crippen LogP contribution in [0.5, 0.6) is 0 Å². The summed E-state index contributed by atoms with van der Waals surface area (Å²) in [7, 11) is 0. The second-order valence-electron chi connectivity index (χ2n) is 8.47. The average Bonchev–Trinajstić information content (AvgIpc) is 2.87. The van der Waals surface area contributed by atoms with Crippen molar-refractivity contribution in [1.82, 2.24) is 4.98 Å². The van der Waals surface area contributed by atoms with Crippen LogP contribution in [0.2, 0.25) is 0 Å². The normalized spacial score (nSPS) is 12.1. The predicted molar refractivity (Wildman–Crippen MR) is 134 cm³/mol. The molecule has 0 spiro atoms. The molecule has 0 unspecified atom stereocenters. The molecule has 1 aliphatic rings. The van der Waals surface area contributed by atoms with E-state index < -0.39 is 0 Å². The Bertz CT molecular complexity index is 1650. The molecule has 6 rings (SSSR count). The summed E-state index contributed by atoms with van der Waals surface area (Å²) in [6.07, 6.45) is 0. The molecule has 1 aromatic heterocycles. The van der Waals surface area contributed by atoms with Gasteiger partial charge >= 0.3 is 5.97 Å². The van der Waals surface area contributed by atoms with Gasteiger partial charge in [-0.3, -0.25) is 4.79 Å². The Balaban J connectivity index is 1.79. The van der Waals surface area contributed by atoms with E-state index >= 15 is 0 Å². The number of hydrogen-bond acceptors (Lipinski definition) is 4. The smallest absolute Gasteiger partial charge is 0.340 e. The molecule has 0 aliphatic heterocycles. The lowest BCUT2D eigenvalue weighted by Crippen LogP contribution is -2.12. The largest absolute Gasteiger partial charge is 0.462 e. The molecule has 0 saturated carbocycles. The Hall–Kier alpha value is -4.31. The Morgan fingerprint density at radius 1 is 0.824 bits per heavy atom. The van der Waals surface area contributed by atoms with Gasteiger partial charge in [-0.05, 0) is 36.6 Å². The van der Waals surface area contributed by atoms with E-state index in [0.717, 1.165) is 43.9 Å². The lowest BCUT2D eigenvalue weighted by Gasteiger charge is -2.22. The van der Waals surface area contributed by atoms with Crippen LogP contribution >= 0.6 is 0 Å². The summed E-state index contributed by atoms with van der Waals surface area (Å²) < 4.78 is 5.44. The number of esters is 1. The van der Waals surface area contributed by atoms with Crippen molar-refractivity contribution >= 4 is 33.4 Å². The van der Waals surface area contributed by atoms with Crippen molar-refractivity contribution in [2.24, 2.45) is 0 Å². The second kappa shape index (κ2) is 7.63. The van der Waals surface area contributed by atoms with Crippen LogP contribution in [-0.2, 0) is 4.74 Å². The van der Waals surface area contributed by atoms with Crippen molar-refractivity contribution in [3.8, 4) is 22.4 Å². The van der Waals surface area contributed by atoms with Gasteiger partial charge in [-0.1, -0.05) is 72.8 Å². The first-order valence-electron chi connectivity index (χ1n) is 11.4. The molecule has 0 radical (unpaired) electrons. The number of ether oxygens (including phenoxy) is 1. The maximum absolute atomic E-state index is 13.3. The van der Waals surface area contributed by atoms with Crippen molar-refractivity contribution in [3.05, 3.63) is 101 Å². The van der Waals surface area contributed by atoms with Gasteiger partial charge in [0, 0.05) is 32.8 Å². The molecule has 4 aromatic carbocycles. The number of ketones is 1. The molecule has 164 valence electrons. The Kier molecular flexibility index (Phi) is 4.56. The van der Waals surface area contributed by atoms with E-state index in [1.807, 2.05) is 79.7 Å². The lowest BCUT2D eigenvalue weighted by molar-refractivity contribution is 0.0526. The molecule has 0 saturated heterocycles. The molecule has 4 heteroatoms. The molecular formula is C30H21NO3. The van der Waals surface area contributed by atoms with Crippen molar-refractivity contribution in [1.29, 1.82) is 0 Å².